The van der Waals surface area contributed by atoms with Crippen molar-refractivity contribution in [1.82, 2.24) is 14.9 Å². The minimum Gasteiger partial charge on any atom is -0.494 e. The predicted octanol–water partition coefficient (Wildman–Crippen LogP) is 5.97. The summed E-state index contributed by atoms with van der Waals surface area (Å²) < 4.78 is 24.1. The number of ether oxygens (including phenoxy) is 2. The summed E-state index contributed by atoms with van der Waals surface area (Å²) in [6.07, 6.45) is 0.913. The van der Waals surface area contributed by atoms with Crippen LogP contribution in [0.2, 0.25) is 5.02 Å². The largest absolute Gasteiger partial charge is 0.494 e. The Hall–Kier alpha value is -3.53. The molecule has 0 spiro atoms. The van der Waals surface area contributed by atoms with Gasteiger partial charge in [-0.1, -0.05) is 23.7 Å². The Kier molecular flexibility index (Phi) is 9.55. The number of halogens is 1. The van der Waals surface area contributed by atoms with Gasteiger partial charge < -0.3 is 34.5 Å². The van der Waals surface area contributed by atoms with Crippen LogP contribution in [0.1, 0.15) is 20.8 Å². The smallest absolute Gasteiger partial charge is 0.412 e. The Morgan fingerprint density at radius 2 is 1.71 bits per heavy atom. The molecule has 3 N–H and O–H groups in total. The Bertz CT molecular complexity index is 1480. The van der Waals surface area contributed by atoms with E-state index in [1.165, 1.54) is 6.20 Å². The highest BCUT2D eigenvalue weighted by Crippen LogP contribution is 2.40. The highest BCUT2D eigenvalue weighted by Gasteiger charge is 2.24. The van der Waals surface area contributed by atoms with Crippen molar-refractivity contribution in [2.75, 3.05) is 74.5 Å². The molecule has 0 saturated carbocycles. The Morgan fingerprint density at radius 1 is 1.02 bits per heavy atom. The number of carbonyl (C=O) groups excluding carboxylic acids is 1. The second-order valence-electron chi connectivity index (χ2n) is 11.5. The van der Waals surface area contributed by atoms with Gasteiger partial charge in [0.2, 0.25) is 5.95 Å². The number of nitrogens with zero attached hydrogens (tertiary/aromatic N) is 4. The summed E-state index contributed by atoms with van der Waals surface area (Å²) in [6, 6.07) is 11.0. The van der Waals surface area contributed by atoms with Crippen LogP contribution >= 0.6 is 18.7 Å². The standard InChI is InChI=1S/C29H39ClN7O4P/c1-29(2,3)41-28(38)34-21-16-22(24(40-5)17-23(21)37-14-12-36(4)13-15-37)33-27-31-18-19(30)26(35-27)32-20-10-8-9-11-25(20)42(6,7)39/h8-11,16-18H,12-15H2,1-7H3,(H,34,38)(H2,31,32,33,35). The average Bonchev–Trinajstić information content (AvgIpc) is 2.90. The van der Waals surface area contributed by atoms with E-state index in [0.717, 1.165) is 31.9 Å². The van der Waals surface area contributed by atoms with Gasteiger partial charge in [0, 0.05) is 37.5 Å². The summed E-state index contributed by atoms with van der Waals surface area (Å²) in [7, 11) is 1.10. The number of anilines is 6. The molecule has 2 aromatic carbocycles. The first kappa shape index (κ1) is 31.4. The molecule has 0 unspecified atom stereocenters. The van der Waals surface area contributed by atoms with Crippen molar-refractivity contribution in [2.45, 2.75) is 26.4 Å². The van der Waals surface area contributed by atoms with Gasteiger partial charge in [0.25, 0.3) is 0 Å². The first-order chi connectivity index (χ1) is 19.7. The zero-order valence-electron chi connectivity index (χ0n) is 25.1. The molecule has 226 valence electrons. The Balaban J connectivity index is 1.68. The Morgan fingerprint density at radius 3 is 2.36 bits per heavy atom. The van der Waals surface area contributed by atoms with Gasteiger partial charge in [-0.05, 0) is 59.3 Å². The number of amides is 1. The van der Waals surface area contributed by atoms with Crippen LogP contribution in [0.5, 0.6) is 5.75 Å². The SMILES string of the molecule is COc1cc(N2CCN(C)CC2)c(NC(=O)OC(C)(C)C)cc1Nc1ncc(Cl)c(Nc2ccccc2P(C)(C)=O)n1. The van der Waals surface area contributed by atoms with Crippen molar-refractivity contribution in [2.24, 2.45) is 0 Å². The molecule has 2 heterocycles. The lowest BCUT2D eigenvalue weighted by atomic mass is 10.1. The van der Waals surface area contributed by atoms with Crippen LogP contribution in [0.15, 0.2) is 42.6 Å². The van der Waals surface area contributed by atoms with Crippen LogP contribution in [0.4, 0.5) is 39.3 Å². The van der Waals surface area contributed by atoms with E-state index in [2.05, 4.69) is 42.8 Å². The van der Waals surface area contributed by atoms with E-state index in [-0.39, 0.29) is 5.95 Å². The van der Waals surface area contributed by atoms with Gasteiger partial charge in [0.1, 0.15) is 23.5 Å². The molecule has 1 aliphatic heterocycles. The van der Waals surface area contributed by atoms with Gasteiger partial charge in [0.15, 0.2) is 5.82 Å². The third-order valence-electron chi connectivity index (χ3n) is 6.53. The number of benzene rings is 2. The fourth-order valence-corrected chi connectivity index (χ4v) is 5.76. The first-order valence-electron chi connectivity index (χ1n) is 13.6. The average molecular weight is 616 g/mol. The summed E-state index contributed by atoms with van der Waals surface area (Å²) in [4.78, 5) is 26.2. The molecule has 1 aromatic heterocycles. The maximum atomic E-state index is 12.9. The number of hydrogen-bond donors (Lipinski definition) is 3. The highest BCUT2D eigenvalue weighted by atomic mass is 35.5. The monoisotopic (exact) mass is 615 g/mol. The predicted molar refractivity (Wildman–Crippen MR) is 172 cm³/mol. The molecule has 42 heavy (non-hydrogen) atoms. The van der Waals surface area contributed by atoms with Gasteiger partial charge in [-0.3, -0.25) is 5.32 Å². The normalized spacial score (nSPS) is 14.3. The summed E-state index contributed by atoms with van der Waals surface area (Å²) >= 11 is 6.45. The Labute approximate surface area is 252 Å². The fourth-order valence-electron chi connectivity index (χ4n) is 4.47. The number of nitrogens with one attached hydrogen (secondary N) is 3. The number of para-hydroxylation sites is 1. The zero-order chi connectivity index (χ0) is 30.7. The number of aromatic nitrogens is 2. The second kappa shape index (κ2) is 12.8. The van der Waals surface area contributed by atoms with Crippen molar-refractivity contribution < 1.29 is 18.8 Å². The lowest BCUT2D eigenvalue weighted by molar-refractivity contribution is 0.0636. The van der Waals surface area contributed by atoms with Crippen molar-refractivity contribution >= 4 is 64.7 Å². The number of likely N-dealkylation sites (N-methyl/N-ethyl adjacent to an activating group) is 1. The molecule has 0 aliphatic carbocycles. The minimum absolute atomic E-state index is 0.240. The first-order valence-corrected chi connectivity index (χ1v) is 16.6. The maximum Gasteiger partial charge on any atom is 0.412 e. The fraction of sp³-hybridized carbons (Fsp3) is 0.414. The van der Waals surface area contributed by atoms with E-state index in [4.69, 9.17) is 21.1 Å². The van der Waals surface area contributed by atoms with Crippen LogP contribution in [0, 0.1) is 0 Å². The topological polar surface area (TPSA) is 121 Å². The van der Waals surface area contributed by atoms with Crippen LogP contribution in [-0.4, -0.2) is 80.2 Å². The van der Waals surface area contributed by atoms with E-state index in [1.54, 1.807) is 26.5 Å². The lowest BCUT2D eigenvalue weighted by Gasteiger charge is -2.35. The molecule has 0 atom stereocenters. The molecule has 1 amide bonds. The van der Waals surface area contributed by atoms with Crippen LogP contribution in [-0.2, 0) is 9.30 Å². The number of hydrogen-bond acceptors (Lipinski definition) is 10. The van der Waals surface area contributed by atoms with Gasteiger partial charge in [-0.25, -0.2) is 9.78 Å². The van der Waals surface area contributed by atoms with Gasteiger partial charge >= 0.3 is 6.09 Å². The number of piperazine rings is 1. The van der Waals surface area contributed by atoms with E-state index >= 15 is 0 Å². The summed E-state index contributed by atoms with van der Waals surface area (Å²) in [5, 5.41) is 10.3. The summed E-state index contributed by atoms with van der Waals surface area (Å²) in [5.74, 6) is 1.12. The van der Waals surface area contributed by atoms with Crippen molar-refractivity contribution in [3.63, 3.8) is 0 Å². The molecular weight excluding hydrogens is 577 g/mol. The summed E-state index contributed by atoms with van der Waals surface area (Å²) in [5.41, 5.74) is 1.89. The minimum atomic E-state index is -2.57. The molecule has 1 fully saturated rings. The third kappa shape index (κ3) is 8.06. The molecular formula is C29H39ClN7O4P. The quantitative estimate of drug-likeness (QED) is 0.261. The van der Waals surface area contributed by atoms with Gasteiger partial charge in [0.05, 0.1) is 36.1 Å². The zero-order valence-corrected chi connectivity index (χ0v) is 26.8. The number of methoxy groups -OCH3 is 1. The van der Waals surface area contributed by atoms with E-state index < -0.39 is 18.8 Å². The van der Waals surface area contributed by atoms with E-state index in [9.17, 15) is 9.36 Å². The third-order valence-corrected chi connectivity index (χ3v) is 8.35. The van der Waals surface area contributed by atoms with Crippen molar-refractivity contribution in [1.29, 1.82) is 0 Å². The van der Waals surface area contributed by atoms with E-state index in [1.807, 2.05) is 51.1 Å². The van der Waals surface area contributed by atoms with Gasteiger partial charge in [-0.15, -0.1) is 0 Å². The van der Waals surface area contributed by atoms with Crippen LogP contribution < -0.4 is 30.9 Å². The van der Waals surface area contributed by atoms with Crippen LogP contribution in [0.3, 0.4) is 0 Å². The maximum absolute atomic E-state index is 12.9. The molecule has 1 saturated heterocycles. The molecule has 1 aliphatic rings. The van der Waals surface area contributed by atoms with Crippen molar-refractivity contribution in [3.8, 4) is 5.75 Å². The molecule has 0 bridgehead atoms. The number of carbonyl (C=O) groups is 1. The van der Waals surface area contributed by atoms with Gasteiger partial charge in [-0.2, -0.15) is 4.98 Å². The molecule has 11 nitrogen and oxygen atoms in total. The highest BCUT2D eigenvalue weighted by molar-refractivity contribution is 7.70. The number of rotatable bonds is 8. The van der Waals surface area contributed by atoms with Crippen LogP contribution in [0.25, 0.3) is 0 Å². The molecule has 3 aromatic rings. The molecule has 13 heteroatoms. The molecule has 4 rings (SSSR count). The summed E-state index contributed by atoms with van der Waals surface area (Å²) in [6.45, 7) is 12.2. The van der Waals surface area contributed by atoms with Crippen molar-refractivity contribution in [3.05, 3.63) is 47.6 Å². The molecule has 0 radical (unpaired) electrons. The van der Waals surface area contributed by atoms with E-state index in [0.29, 0.717) is 39.0 Å². The second-order valence-corrected chi connectivity index (χ2v) is 15.1. The lowest BCUT2D eigenvalue weighted by Crippen LogP contribution is -2.44.